The molecule has 1 aromatic rings. The Labute approximate surface area is 135 Å². The van der Waals surface area contributed by atoms with Crippen molar-refractivity contribution < 1.29 is 37.7 Å². The van der Waals surface area contributed by atoms with Crippen molar-refractivity contribution in [2.75, 3.05) is 0 Å². The van der Waals surface area contributed by atoms with E-state index in [-0.39, 0.29) is 18.6 Å². The largest absolute Gasteiger partial charge is 0.573 e. The molecule has 0 amide bonds. The van der Waals surface area contributed by atoms with Crippen LogP contribution in [0.25, 0.3) is 6.08 Å². The fourth-order valence-electron chi connectivity index (χ4n) is 1.85. The summed E-state index contributed by atoms with van der Waals surface area (Å²) in [5, 5.41) is 17.7. The maximum atomic E-state index is 12.0. The van der Waals surface area contributed by atoms with Gasteiger partial charge in [0.05, 0.1) is 5.92 Å². The molecule has 6 nitrogen and oxygen atoms in total. The summed E-state index contributed by atoms with van der Waals surface area (Å²) in [6, 6.07) is 3.72. The van der Waals surface area contributed by atoms with Gasteiger partial charge in [-0.15, -0.1) is 13.2 Å². The first kappa shape index (κ1) is 19.5. The standard InChI is InChI=1S/C15H16F3NO5/c16-15(17,18)24-11-6-4-9(5-7-11)2-1-3-10(13(20)21)8-12(19)14(22)23/h1-2,4-7,10,12H,3,8,19H2,(H,20,21)(H,22,23)/b2-1+/t10-,12+/m1/s1. The Morgan fingerprint density at radius 3 is 2.21 bits per heavy atom. The lowest BCUT2D eigenvalue weighted by molar-refractivity contribution is -0.274. The zero-order valence-corrected chi connectivity index (χ0v) is 12.4. The van der Waals surface area contributed by atoms with Gasteiger partial charge in [0.1, 0.15) is 11.8 Å². The predicted octanol–water partition coefficient (Wildman–Crippen LogP) is 2.49. The lowest BCUT2D eigenvalue weighted by Crippen LogP contribution is -2.34. The van der Waals surface area contributed by atoms with Gasteiger partial charge in [-0.1, -0.05) is 24.3 Å². The van der Waals surface area contributed by atoms with Crippen LogP contribution in [0.4, 0.5) is 13.2 Å². The summed E-state index contributed by atoms with van der Waals surface area (Å²) in [7, 11) is 0. The summed E-state index contributed by atoms with van der Waals surface area (Å²) in [4.78, 5) is 21.7. The van der Waals surface area contributed by atoms with Crippen molar-refractivity contribution in [3.63, 3.8) is 0 Å². The van der Waals surface area contributed by atoms with E-state index in [0.717, 1.165) is 12.1 Å². The van der Waals surface area contributed by atoms with Crippen molar-refractivity contribution in [2.24, 2.45) is 11.7 Å². The molecule has 0 aliphatic carbocycles. The number of hydrogen-bond donors (Lipinski definition) is 3. The van der Waals surface area contributed by atoms with E-state index in [0.29, 0.717) is 5.56 Å². The highest BCUT2D eigenvalue weighted by Gasteiger charge is 2.30. The molecular formula is C15H16F3NO5. The number of allylic oxidation sites excluding steroid dienone is 1. The molecule has 9 heteroatoms. The molecule has 0 aromatic heterocycles. The second-order valence-corrected chi connectivity index (χ2v) is 4.97. The summed E-state index contributed by atoms with van der Waals surface area (Å²) in [6.45, 7) is 0. The van der Waals surface area contributed by atoms with Crippen LogP contribution in [0.2, 0.25) is 0 Å². The number of rotatable bonds is 8. The molecule has 0 aliphatic rings. The maximum absolute atomic E-state index is 12.0. The number of halogens is 3. The van der Waals surface area contributed by atoms with Crippen LogP contribution < -0.4 is 10.5 Å². The minimum absolute atomic E-state index is 0.0388. The van der Waals surface area contributed by atoms with Gasteiger partial charge in [0.15, 0.2) is 0 Å². The normalized spacial score (nSPS) is 14.3. The molecule has 0 unspecified atom stereocenters. The maximum Gasteiger partial charge on any atom is 0.573 e. The molecule has 0 saturated heterocycles. The zero-order chi connectivity index (χ0) is 18.3. The average Bonchev–Trinajstić information content (AvgIpc) is 2.46. The Hall–Kier alpha value is -2.55. The first-order valence-electron chi connectivity index (χ1n) is 6.82. The predicted molar refractivity (Wildman–Crippen MR) is 78.1 cm³/mol. The SMILES string of the molecule is N[C@@H](C[C@@H](C/C=C/c1ccc(OC(F)(F)F)cc1)C(=O)O)C(=O)O. The van der Waals surface area contributed by atoms with Gasteiger partial charge < -0.3 is 20.7 Å². The molecule has 132 valence electrons. The van der Waals surface area contributed by atoms with Gasteiger partial charge in [0.2, 0.25) is 0 Å². The van der Waals surface area contributed by atoms with Gasteiger partial charge in [-0.25, -0.2) is 0 Å². The molecule has 0 radical (unpaired) electrons. The topological polar surface area (TPSA) is 110 Å². The molecule has 1 aromatic carbocycles. The van der Waals surface area contributed by atoms with E-state index in [9.17, 15) is 22.8 Å². The van der Waals surface area contributed by atoms with Crippen molar-refractivity contribution in [1.82, 2.24) is 0 Å². The third-order valence-electron chi connectivity index (χ3n) is 3.05. The van der Waals surface area contributed by atoms with Crippen LogP contribution in [0.15, 0.2) is 30.3 Å². The lowest BCUT2D eigenvalue weighted by atomic mass is 9.96. The highest BCUT2D eigenvalue weighted by Crippen LogP contribution is 2.23. The van der Waals surface area contributed by atoms with Crippen LogP contribution in [-0.2, 0) is 9.59 Å². The van der Waals surface area contributed by atoms with E-state index in [4.69, 9.17) is 15.9 Å². The number of carboxylic acid groups (broad SMARTS) is 2. The van der Waals surface area contributed by atoms with Gasteiger partial charge in [0.25, 0.3) is 0 Å². The van der Waals surface area contributed by atoms with E-state index in [2.05, 4.69) is 4.74 Å². The first-order valence-corrected chi connectivity index (χ1v) is 6.82. The number of alkyl halides is 3. The second-order valence-electron chi connectivity index (χ2n) is 4.97. The molecule has 1 rings (SSSR count). The van der Waals surface area contributed by atoms with E-state index in [1.165, 1.54) is 24.3 Å². The van der Waals surface area contributed by atoms with Crippen LogP contribution in [0.3, 0.4) is 0 Å². The summed E-state index contributed by atoms with van der Waals surface area (Å²) in [6.07, 6.45) is -1.95. The number of carbonyl (C=O) groups is 2. The molecular weight excluding hydrogens is 331 g/mol. The van der Waals surface area contributed by atoms with Crippen molar-refractivity contribution >= 4 is 18.0 Å². The molecule has 4 N–H and O–H groups in total. The van der Waals surface area contributed by atoms with E-state index < -0.39 is 30.3 Å². The second kappa shape index (κ2) is 8.34. The smallest absolute Gasteiger partial charge is 0.481 e. The van der Waals surface area contributed by atoms with Gasteiger partial charge in [0, 0.05) is 0 Å². The monoisotopic (exact) mass is 347 g/mol. The fraction of sp³-hybridized carbons (Fsp3) is 0.333. The molecule has 0 aliphatic heterocycles. The van der Waals surface area contributed by atoms with Gasteiger partial charge >= 0.3 is 18.3 Å². The number of benzene rings is 1. The van der Waals surface area contributed by atoms with Crippen LogP contribution in [0.5, 0.6) is 5.75 Å². The lowest BCUT2D eigenvalue weighted by Gasteiger charge is -2.12. The summed E-state index contributed by atoms with van der Waals surface area (Å²) >= 11 is 0. The number of carboxylic acids is 2. The number of nitrogens with two attached hydrogens (primary N) is 1. The molecule has 0 bridgehead atoms. The van der Waals surface area contributed by atoms with E-state index in [1.54, 1.807) is 0 Å². The van der Waals surface area contributed by atoms with Crippen LogP contribution in [-0.4, -0.2) is 34.6 Å². The molecule has 0 saturated carbocycles. The average molecular weight is 347 g/mol. The Morgan fingerprint density at radius 1 is 1.17 bits per heavy atom. The molecule has 0 heterocycles. The number of aliphatic carboxylic acids is 2. The molecule has 2 atom stereocenters. The van der Waals surface area contributed by atoms with Crippen LogP contribution >= 0.6 is 0 Å². The Balaban J connectivity index is 2.64. The third-order valence-corrected chi connectivity index (χ3v) is 3.05. The minimum atomic E-state index is -4.77. The minimum Gasteiger partial charge on any atom is -0.481 e. The van der Waals surface area contributed by atoms with Gasteiger partial charge in [-0.05, 0) is 30.5 Å². The van der Waals surface area contributed by atoms with Crippen molar-refractivity contribution in [3.8, 4) is 5.75 Å². The summed E-state index contributed by atoms with van der Waals surface area (Å²) < 4.78 is 39.8. The molecule has 0 fully saturated rings. The highest BCUT2D eigenvalue weighted by molar-refractivity contribution is 5.76. The zero-order valence-electron chi connectivity index (χ0n) is 12.4. The van der Waals surface area contributed by atoms with Gasteiger partial charge in [-0.3, -0.25) is 9.59 Å². The Bertz CT molecular complexity index is 598. The number of hydrogen-bond acceptors (Lipinski definition) is 4. The summed E-state index contributed by atoms with van der Waals surface area (Å²) in [5.41, 5.74) is 5.85. The van der Waals surface area contributed by atoms with Gasteiger partial charge in [-0.2, -0.15) is 0 Å². The van der Waals surface area contributed by atoms with Crippen LogP contribution in [0.1, 0.15) is 18.4 Å². The number of ether oxygens (including phenoxy) is 1. The van der Waals surface area contributed by atoms with Crippen molar-refractivity contribution in [2.45, 2.75) is 25.2 Å². The molecule has 0 spiro atoms. The van der Waals surface area contributed by atoms with E-state index in [1.807, 2.05) is 0 Å². The Morgan fingerprint density at radius 2 is 1.75 bits per heavy atom. The first-order chi connectivity index (χ1) is 11.1. The summed E-state index contributed by atoms with van der Waals surface area (Å²) in [5.74, 6) is -3.80. The third kappa shape index (κ3) is 7.14. The van der Waals surface area contributed by atoms with Crippen LogP contribution in [0, 0.1) is 5.92 Å². The molecule has 24 heavy (non-hydrogen) atoms. The van der Waals surface area contributed by atoms with Crippen molar-refractivity contribution in [3.05, 3.63) is 35.9 Å². The Kier molecular flexibility index (Phi) is 6.78. The van der Waals surface area contributed by atoms with E-state index >= 15 is 0 Å². The highest BCUT2D eigenvalue weighted by atomic mass is 19.4. The van der Waals surface area contributed by atoms with Crippen molar-refractivity contribution in [1.29, 1.82) is 0 Å². The quantitative estimate of drug-likeness (QED) is 0.666. The fourth-order valence-corrected chi connectivity index (χ4v) is 1.85.